The van der Waals surface area contributed by atoms with Crippen molar-refractivity contribution in [3.8, 4) is 0 Å². The van der Waals surface area contributed by atoms with E-state index in [1.165, 1.54) is 0 Å². The standard InChI is InChI=1S/C8H13NO/c1-2-7-4-3-5-8(6-10)9-7/h6-7H,2-5H2,1H3. The van der Waals surface area contributed by atoms with Crippen molar-refractivity contribution in [3.63, 3.8) is 0 Å². The minimum Gasteiger partial charge on any atom is -0.297 e. The zero-order valence-electron chi connectivity index (χ0n) is 6.34. The van der Waals surface area contributed by atoms with Gasteiger partial charge >= 0.3 is 0 Å². The molecule has 0 N–H and O–H groups in total. The Bertz CT molecular complexity index is 151. The van der Waals surface area contributed by atoms with E-state index in [9.17, 15) is 4.79 Å². The normalized spacial score (nSPS) is 25.7. The largest absolute Gasteiger partial charge is 0.297 e. The number of hydrogen-bond acceptors (Lipinski definition) is 2. The third-order valence-corrected chi connectivity index (χ3v) is 1.93. The molecule has 0 fully saturated rings. The third kappa shape index (κ3) is 1.66. The number of aldehydes is 1. The van der Waals surface area contributed by atoms with Gasteiger partial charge in [-0.05, 0) is 25.7 Å². The average Bonchev–Trinajstić information content (AvgIpc) is 2.05. The molecule has 0 saturated carbocycles. The van der Waals surface area contributed by atoms with Crippen molar-refractivity contribution in [1.29, 1.82) is 0 Å². The molecule has 0 aromatic heterocycles. The lowest BCUT2D eigenvalue weighted by atomic mass is 10.0. The lowest BCUT2D eigenvalue weighted by Gasteiger charge is -2.15. The highest BCUT2D eigenvalue weighted by Crippen LogP contribution is 2.14. The Morgan fingerprint density at radius 2 is 2.60 bits per heavy atom. The summed E-state index contributed by atoms with van der Waals surface area (Å²) in [6.45, 7) is 2.11. The first-order valence-electron chi connectivity index (χ1n) is 3.88. The van der Waals surface area contributed by atoms with Crippen LogP contribution >= 0.6 is 0 Å². The summed E-state index contributed by atoms with van der Waals surface area (Å²) in [4.78, 5) is 14.6. The van der Waals surface area contributed by atoms with Crippen LogP contribution in [0, 0.1) is 0 Å². The van der Waals surface area contributed by atoms with Gasteiger partial charge in [0.05, 0.1) is 11.8 Å². The molecule has 10 heavy (non-hydrogen) atoms. The molecule has 2 heteroatoms. The first-order chi connectivity index (χ1) is 4.86. The lowest BCUT2D eigenvalue weighted by Crippen LogP contribution is -2.15. The summed E-state index contributed by atoms with van der Waals surface area (Å²) in [7, 11) is 0. The van der Waals surface area contributed by atoms with Gasteiger partial charge in [-0.1, -0.05) is 6.92 Å². The summed E-state index contributed by atoms with van der Waals surface area (Å²) in [5, 5.41) is 0. The third-order valence-electron chi connectivity index (χ3n) is 1.93. The van der Waals surface area contributed by atoms with Crippen LogP contribution in [-0.2, 0) is 4.79 Å². The topological polar surface area (TPSA) is 29.4 Å². The second-order valence-corrected chi connectivity index (χ2v) is 2.69. The van der Waals surface area contributed by atoms with Crippen LogP contribution in [-0.4, -0.2) is 18.0 Å². The van der Waals surface area contributed by atoms with Crippen LogP contribution in [0.4, 0.5) is 0 Å². The summed E-state index contributed by atoms with van der Waals surface area (Å²) in [6, 6.07) is 0.425. The number of carbonyl (C=O) groups is 1. The van der Waals surface area contributed by atoms with Gasteiger partial charge in [0.1, 0.15) is 0 Å². The Balaban J connectivity index is 2.56. The Morgan fingerprint density at radius 1 is 1.80 bits per heavy atom. The summed E-state index contributed by atoms with van der Waals surface area (Å²) < 4.78 is 0. The molecule has 2 nitrogen and oxygen atoms in total. The molecule has 0 aromatic carbocycles. The molecular weight excluding hydrogens is 126 g/mol. The molecule has 56 valence electrons. The van der Waals surface area contributed by atoms with Crippen molar-refractivity contribution in [1.82, 2.24) is 0 Å². The van der Waals surface area contributed by atoms with E-state index in [0.717, 1.165) is 37.7 Å². The first kappa shape index (κ1) is 7.45. The predicted molar refractivity (Wildman–Crippen MR) is 41.4 cm³/mol. The van der Waals surface area contributed by atoms with Crippen LogP contribution < -0.4 is 0 Å². The van der Waals surface area contributed by atoms with E-state index in [1.54, 1.807) is 0 Å². The lowest BCUT2D eigenvalue weighted by molar-refractivity contribution is -0.102. The molecule has 1 rings (SSSR count). The summed E-state index contributed by atoms with van der Waals surface area (Å²) in [5.41, 5.74) is 0.762. The second-order valence-electron chi connectivity index (χ2n) is 2.69. The summed E-state index contributed by atoms with van der Waals surface area (Å²) >= 11 is 0. The predicted octanol–water partition coefficient (Wildman–Crippen LogP) is 1.59. The molecular formula is C8H13NO. The molecule has 0 radical (unpaired) electrons. The Morgan fingerprint density at radius 3 is 3.20 bits per heavy atom. The van der Waals surface area contributed by atoms with Crippen LogP contribution in [0.15, 0.2) is 4.99 Å². The first-order valence-corrected chi connectivity index (χ1v) is 3.88. The summed E-state index contributed by atoms with van der Waals surface area (Å²) in [5.74, 6) is 0. The zero-order chi connectivity index (χ0) is 7.40. The van der Waals surface area contributed by atoms with Crippen molar-refractivity contribution in [2.75, 3.05) is 0 Å². The maximum atomic E-state index is 10.3. The fourth-order valence-corrected chi connectivity index (χ4v) is 1.27. The molecule has 0 spiro atoms. The van der Waals surface area contributed by atoms with Crippen LogP contribution in [0.2, 0.25) is 0 Å². The number of nitrogens with zero attached hydrogens (tertiary/aromatic N) is 1. The van der Waals surface area contributed by atoms with Gasteiger partial charge in [-0.25, -0.2) is 0 Å². The fraction of sp³-hybridized carbons (Fsp3) is 0.750. The highest BCUT2D eigenvalue weighted by Gasteiger charge is 2.11. The molecule has 1 unspecified atom stereocenters. The maximum Gasteiger partial charge on any atom is 0.163 e. The van der Waals surface area contributed by atoms with Crippen molar-refractivity contribution < 1.29 is 4.79 Å². The van der Waals surface area contributed by atoms with Crippen molar-refractivity contribution in [2.45, 2.75) is 38.6 Å². The molecule has 0 aromatic rings. The molecule has 0 bridgehead atoms. The summed E-state index contributed by atoms with van der Waals surface area (Å²) in [6.07, 6.45) is 5.14. The number of hydrogen-bond donors (Lipinski definition) is 0. The number of aliphatic imine (C=N–C) groups is 1. The number of carbonyl (C=O) groups excluding carboxylic acids is 1. The van der Waals surface area contributed by atoms with Crippen LogP contribution in [0.3, 0.4) is 0 Å². The van der Waals surface area contributed by atoms with E-state index in [2.05, 4.69) is 11.9 Å². The van der Waals surface area contributed by atoms with Crippen LogP contribution in [0.5, 0.6) is 0 Å². The highest BCUT2D eigenvalue weighted by molar-refractivity contribution is 6.28. The molecule has 0 saturated heterocycles. The van der Waals surface area contributed by atoms with Crippen molar-refractivity contribution >= 4 is 12.0 Å². The van der Waals surface area contributed by atoms with Gasteiger partial charge in [-0.2, -0.15) is 0 Å². The van der Waals surface area contributed by atoms with Gasteiger partial charge in [-0.3, -0.25) is 9.79 Å². The van der Waals surface area contributed by atoms with E-state index in [-0.39, 0.29) is 0 Å². The van der Waals surface area contributed by atoms with E-state index in [4.69, 9.17) is 0 Å². The van der Waals surface area contributed by atoms with Crippen molar-refractivity contribution in [2.24, 2.45) is 4.99 Å². The van der Waals surface area contributed by atoms with Gasteiger partial charge in [0.2, 0.25) is 0 Å². The van der Waals surface area contributed by atoms with Gasteiger partial charge in [-0.15, -0.1) is 0 Å². The van der Waals surface area contributed by atoms with E-state index in [1.807, 2.05) is 0 Å². The quantitative estimate of drug-likeness (QED) is 0.534. The molecule has 0 amide bonds. The molecule has 1 atom stereocenters. The highest BCUT2D eigenvalue weighted by atomic mass is 16.1. The van der Waals surface area contributed by atoms with Crippen LogP contribution in [0.1, 0.15) is 32.6 Å². The van der Waals surface area contributed by atoms with E-state index in [0.29, 0.717) is 6.04 Å². The van der Waals surface area contributed by atoms with Crippen molar-refractivity contribution in [3.05, 3.63) is 0 Å². The fourth-order valence-electron chi connectivity index (χ4n) is 1.27. The molecule has 1 aliphatic heterocycles. The molecule has 1 heterocycles. The SMILES string of the molecule is CCC1CCCC(C=O)=N1. The Kier molecular flexibility index (Phi) is 2.60. The minimum atomic E-state index is 0.425. The Hall–Kier alpha value is -0.660. The van der Waals surface area contributed by atoms with E-state index >= 15 is 0 Å². The molecule has 1 aliphatic rings. The Labute approximate surface area is 61.3 Å². The average molecular weight is 139 g/mol. The monoisotopic (exact) mass is 139 g/mol. The van der Waals surface area contributed by atoms with Crippen LogP contribution in [0.25, 0.3) is 0 Å². The van der Waals surface area contributed by atoms with E-state index < -0.39 is 0 Å². The maximum absolute atomic E-state index is 10.3. The van der Waals surface area contributed by atoms with Gasteiger partial charge in [0, 0.05) is 0 Å². The smallest absolute Gasteiger partial charge is 0.163 e. The zero-order valence-corrected chi connectivity index (χ0v) is 6.34. The number of rotatable bonds is 2. The van der Waals surface area contributed by atoms with Gasteiger partial charge in [0.25, 0.3) is 0 Å². The van der Waals surface area contributed by atoms with Gasteiger partial charge < -0.3 is 0 Å². The molecule has 0 aliphatic carbocycles. The second kappa shape index (κ2) is 3.49. The van der Waals surface area contributed by atoms with Gasteiger partial charge in [0.15, 0.2) is 6.29 Å². The minimum absolute atomic E-state index is 0.425.